The molecule has 0 aromatic carbocycles. The first kappa shape index (κ1) is 14.9. The molecule has 7 nitrogen and oxygen atoms in total. The number of pyridine rings is 1. The number of nitrogens with one attached hydrogen (secondary N) is 1. The lowest BCUT2D eigenvalue weighted by Gasteiger charge is -2.12. The molecule has 0 aliphatic heterocycles. The van der Waals surface area contributed by atoms with Crippen LogP contribution in [-0.4, -0.2) is 34.1 Å². The van der Waals surface area contributed by atoms with E-state index in [0.29, 0.717) is 10.7 Å². The molecule has 0 fully saturated rings. The maximum Gasteiger partial charge on any atom is 0.356 e. The molecule has 8 heteroatoms. The Kier molecular flexibility index (Phi) is 4.49. The summed E-state index contributed by atoms with van der Waals surface area (Å²) in [6, 6.07) is 3.07. The van der Waals surface area contributed by atoms with Gasteiger partial charge in [0.1, 0.15) is 10.7 Å². The highest BCUT2D eigenvalue weighted by atomic mass is 32.1. The Hall–Kier alpha value is -2.48. The van der Waals surface area contributed by atoms with E-state index in [2.05, 4.69) is 20.0 Å². The van der Waals surface area contributed by atoms with E-state index in [4.69, 9.17) is 5.11 Å². The largest absolute Gasteiger partial charge is 0.476 e. The second-order valence-electron chi connectivity index (χ2n) is 4.16. The topological polar surface area (TPSA) is 101 Å². The van der Waals surface area contributed by atoms with Crippen molar-refractivity contribution in [3.8, 4) is 0 Å². The number of aromatic nitrogens is 2. The fraction of sp³-hybridized carbons (Fsp3) is 0.231. The molecule has 2 N–H and O–H groups in total. The van der Waals surface area contributed by atoms with Gasteiger partial charge in [0.15, 0.2) is 5.69 Å². The average Bonchev–Trinajstić information content (AvgIpc) is 2.97. The zero-order valence-corrected chi connectivity index (χ0v) is 12.2. The number of anilines is 1. The van der Waals surface area contributed by atoms with Gasteiger partial charge in [-0.2, -0.15) is 0 Å². The van der Waals surface area contributed by atoms with Crippen LogP contribution in [0, 0.1) is 0 Å². The summed E-state index contributed by atoms with van der Waals surface area (Å²) < 4.78 is 4.61. The van der Waals surface area contributed by atoms with Crippen LogP contribution in [0.3, 0.4) is 0 Å². The van der Waals surface area contributed by atoms with E-state index in [1.54, 1.807) is 12.1 Å². The van der Waals surface area contributed by atoms with Crippen molar-refractivity contribution in [1.29, 1.82) is 0 Å². The Balaban J connectivity index is 2.13. The molecule has 1 atom stereocenters. The lowest BCUT2D eigenvalue weighted by Crippen LogP contribution is -2.09. The molecule has 2 rings (SSSR count). The summed E-state index contributed by atoms with van der Waals surface area (Å²) in [6.07, 6.45) is 1.49. The van der Waals surface area contributed by atoms with E-state index < -0.39 is 11.9 Å². The highest BCUT2D eigenvalue weighted by Gasteiger charge is 2.15. The van der Waals surface area contributed by atoms with Gasteiger partial charge in [0.2, 0.25) is 0 Å². The molecule has 2 aromatic rings. The lowest BCUT2D eigenvalue weighted by atomic mass is 10.2. The maximum absolute atomic E-state index is 11.4. The van der Waals surface area contributed by atoms with E-state index in [1.807, 2.05) is 6.92 Å². The number of carbonyl (C=O) groups excluding carboxylic acids is 1. The normalized spacial score (nSPS) is 11.7. The Labute approximate surface area is 124 Å². The minimum absolute atomic E-state index is 0.0219. The molecular formula is C13H13N3O4S. The number of hydrogen-bond donors (Lipinski definition) is 2. The van der Waals surface area contributed by atoms with Gasteiger partial charge in [-0.25, -0.2) is 19.6 Å². The summed E-state index contributed by atoms with van der Waals surface area (Å²) in [5.74, 6) is -1.57. The SMILES string of the molecule is COC(=O)c1cc(NC(C)c2nc(C(=O)O)cs2)ccn1. The predicted octanol–water partition coefficient (Wildman–Crippen LogP) is 2.20. The van der Waals surface area contributed by atoms with Crippen molar-refractivity contribution < 1.29 is 19.4 Å². The number of carboxylic acids is 1. The van der Waals surface area contributed by atoms with E-state index >= 15 is 0 Å². The third kappa shape index (κ3) is 3.54. The molecule has 2 aromatic heterocycles. The van der Waals surface area contributed by atoms with Gasteiger partial charge in [-0.15, -0.1) is 11.3 Å². The summed E-state index contributed by atoms with van der Waals surface area (Å²) in [4.78, 5) is 30.2. The minimum atomic E-state index is -1.05. The molecule has 0 aliphatic carbocycles. The van der Waals surface area contributed by atoms with Crippen LogP contribution in [-0.2, 0) is 4.74 Å². The molecule has 0 bridgehead atoms. The number of aromatic carboxylic acids is 1. The van der Waals surface area contributed by atoms with Crippen molar-refractivity contribution in [1.82, 2.24) is 9.97 Å². The van der Waals surface area contributed by atoms with Gasteiger partial charge in [0, 0.05) is 17.3 Å². The van der Waals surface area contributed by atoms with Crippen molar-refractivity contribution in [3.63, 3.8) is 0 Å². The zero-order valence-electron chi connectivity index (χ0n) is 11.4. The molecule has 0 spiro atoms. The summed E-state index contributed by atoms with van der Waals surface area (Å²) in [5.41, 5.74) is 0.888. The quantitative estimate of drug-likeness (QED) is 0.816. The van der Waals surface area contributed by atoms with Crippen molar-refractivity contribution in [2.75, 3.05) is 12.4 Å². The molecule has 110 valence electrons. The Morgan fingerprint density at radius 3 is 2.81 bits per heavy atom. The number of nitrogens with zero attached hydrogens (tertiary/aromatic N) is 2. The van der Waals surface area contributed by atoms with Gasteiger partial charge < -0.3 is 15.2 Å². The van der Waals surface area contributed by atoms with Gasteiger partial charge in [-0.1, -0.05) is 0 Å². The van der Waals surface area contributed by atoms with Gasteiger partial charge in [-0.05, 0) is 19.1 Å². The first-order chi connectivity index (χ1) is 10.0. The third-order valence-electron chi connectivity index (χ3n) is 2.65. The van der Waals surface area contributed by atoms with E-state index in [-0.39, 0.29) is 17.4 Å². The molecular weight excluding hydrogens is 294 g/mol. The number of methoxy groups -OCH3 is 1. The number of hydrogen-bond acceptors (Lipinski definition) is 7. The maximum atomic E-state index is 11.4. The van der Waals surface area contributed by atoms with Crippen molar-refractivity contribution in [2.24, 2.45) is 0 Å². The van der Waals surface area contributed by atoms with Crippen molar-refractivity contribution in [3.05, 3.63) is 40.1 Å². The van der Waals surface area contributed by atoms with Gasteiger partial charge in [0.25, 0.3) is 0 Å². The standard InChI is InChI=1S/C13H13N3O4S/c1-7(11-16-10(6-21-11)12(17)18)15-8-3-4-14-9(5-8)13(19)20-2/h3-7H,1-2H3,(H,14,15)(H,17,18). The van der Waals surface area contributed by atoms with Crippen LogP contribution in [0.2, 0.25) is 0 Å². The van der Waals surface area contributed by atoms with Crippen LogP contribution in [0.1, 0.15) is 39.0 Å². The smallest absolute Gasteiger partial charge is 0.356 e. The van der Waals surface area contributed by atoms with Crippen LogP contribution < -0.4 is 5.32 Å². The summed E-state index contributed by atoms with van der Waals surface area (Å²) >= 11 is 1.26. The van der Waals surface area contributed by atoms with Crippen LogP contribution in [0.5, 0.6) is 0 Å². The van der Waals surface area contributed by atoms with E-state index in [0.717, 1.165) is 0 Å². The Morgan fingerprint density at radius 2 is 2.19 bits per heavy atom. The monoisotopic (exact) mass is 307 g/mol. The fourth-order valence-corrected chi connectivity index (χ4v) is 2.43. The predicted molar refractivity (Wildman–Crippen MR) is 76.7 cm³/mol. The number of thiazole rings is 1. The van der Waals surface area contributed by atoms with E-state index in [1.165, 1.54) is 30.0 Å². The van der Waals surface area contributed by atoms with Crippen molar-refractivity contribution >= 4 is 29.0 Å². The van der Waals surface area contributed by atoms with Crippen LogP contribution >= 0.6 is 11.3 Å². The van der Waals surface area contributed by atoms with Crippen LogP contribution in [0.15, 0.2) is 23.7 Å². The number of rotatable bonds is 5. The van der Waals surface area contributed by atoms with Gasteiger partial charge in [0.05, 0.1) is 13.2 Å². The highest BCUT2D eigenvalue weighted by Crippen LogP contribution is 2.22. The summed E-state index contributed by atoms with van der Waals surface area (Å²) in [7, 11) is 1.29. The summed E-state index contributed by atoms with van der Waals surface area (Å²) in [6.45, 7) is 1.85. The fourth-order valence-electron chi connectivity index (χ4n) is 1.63. The van der Waals surface area contributed by atoms with Crippen LogP contribution in [0.25, 0.3) is 0 Å². The molecule has 1 unspecified atom stereocenters. The van der Waals surface area contributed by atoms with Gasteiger partial charge in [-0.3, -0.25) is 0 Å². The first-order valence-corrected chi connectivity index (χ1v) is 6.89. The lowest BCUT2D eigenvalue weighted by molar-refractivity contribution is 0.0593. The summed E-state index contributed by atoms with van der Waals surface area (Å²) in [5, 5.41) is 14.1. The van der Waals surface area contributed by atoms with E-state index in [9.17, 15) is 9.59 Å². The Bertz CT molecular complexity index is 671. The second kappa shape index (κ2) is 6.31. The minimum Gasteiger partial charge on any atom is -0.476 e. The number of carboxylic acid groups (broad SMARTS) is 1. The molecule has 0 saturated carbocycles. The van der Waals surface area contributed by atoms with Gasteiger partial charge >= 0.3 is 11.9 Å². The third-order valence-corrected chi connectivity index (χ3v) is 3.68. The average molecular weight is 307 g/mol. The number of carbonyl (C=O) groups is 2. The first-order valence-electron chi connectivity index (χ1n) is 6.01. The number of esters is 1. The Morgan fingerprint density at radius 1 is 1.43 bits per heavy atom. The van der Waals surface area contributed by atoms with Crippen molar-refractivity contribution in [2.45, 2.75) is 13.0 Å². The molecule has 21 heavy (non-hydrogen) atoms. The molecule has 0 aliphatic rings. The van der Waals surface area contributed by atoms with Crippen LogP contribution in [0.4, 0.5) is 5.69 Å². The second-order valence-corrected chi connectivity index (χ2v) is 5.05. The number of ether oxygens (including phenoxy) is 1. The molecule has 0 amide bonds. The zero-order chi connectivity index (χ0) is 15.4. The highest BCUT2D eigenvalue weighted by molar-refractivity contribution is 7.09. The molecule has 2 heterocycles. The molecule has 0 radical (unpaired) electrons. The molecule has 0 saturated heterocycles.